The Bertz CT molecular complexity index is 681. The first-order valence-corrected chi connectivity index (χ1v) is 8.68. The van der Waals surface area contributed by atoms with Crippen molar-refractivity contribution in [2.45, 2.75) is 31.7 Å². The first kappa shape index (κ1) is 16.0. The highest BCUT2D eigenvalue weighted by Crippen LogP contribution is 2.40. The van der Waals surface area contributed by atoms with Crippen LogP contribution in [-0.2, 0) is 19.3 Å². The van der Waals surface area contributed by atoms with Gasteiger partial charge in [-0.1, -0.05) is 30.3 Å². The number of ether oxygens (including phenoxy) is 1. The third-order valence-electron chi connectivity index (χ3n) is 4.16. The molecule has 4 nitrogen and oxygen atoms in total. The number of aliphatic hydroxyl groups excluding tert-OH is 1. The summed E-state index contributed by atoms with van der Waals surface area (Å²) in [7, 11) is 1.62. The number of fused-ring (bicyclic) bond motifs is 1. The largest absolute Gasteiger partial charge is 0.495 e. The molecule has 1 aromatic carbocycles. The van der Waals surface area contributed by atoms with Gasteiger partial charge in [-0.2, -0.15) is 0 Å². The van der Waals surface area contributed by atoms with Crippen LogP contribution < -0.4 is 10.1 Å². The van der Waals surface area contributed by atoms with Gasteiger partial charge in [0.25, 0.3) is 5.91 Å². The van der Waals surface area contributed by atoms with Crippen LogP contribution in [-0.4, -0.2) is 30.8 Å². The Morgan fingerprint density at radius 1 is 1.35 bits per heavy atom. The summed E-state index contributed by atoms with van der Waals surface area (Å²) >= 11 is 1.52. The minimum atomic E-state index is -0.299. The molecule has 1 unspecified atom stereocenters. The van der Waals surface area contributed by atoms with Crippen molar-refractivity contribution in [1.29, 1.82) is 0 Å². The van der Waals surface area contributed by atoms with Gasteiger partial charge in [-0.05, 0) is 31.2 Å². The fourth-order valence-electron chi connectivity index (χ4n) is 3.05. The van der Waals surface area contributed by atoms with Crippen LogP contribution in [0, 0.1) is 0 Å². The van der Waals surface area contributed by atoms with Gasteiger partial charge in [0.05, 0.1) is 19.8 Å². The van der Waals surface area contributed by atoms with Crippen LogP contribution in [0.5, 0.6) is 5.75 Å². The van der Waals surface area contributed by atoms with Crippen molar-refractivity contribution in [3.05, 3.63) is 51.2 Å². The summed E-state index contributed by atoms with van der Waals surface area (Å²) in [6.07, 6.45) is 3.75. The minimum absolute atomic E-state index is 0.0892. The van der Waals surface area contributed by atoms with E-state index in [-0.39, 0.29) is 18.6 Å². The molecule has 0 spiro atoms. The normalized spacial score (nSPS) is 14.3. The maximum absolute atomic E-state index is 12.6. The maximum Gasteiger partial charge on any atom is 0.265 e. The Labute approximate surface area is 140 Å². The van der Waals surface area contributed by atoms with E-state index < -0.39 is 0 Å². The Morgan fingerprint density at radius 3 is 2.83 bits per heavy atom. The van der Waals surface area contributed by atoms with Gasteiger partial charge >= 0.3 is 0 Å². The first-order valence-electron chi connectivity index (χ1n) is 7.87. The van der Waals surface area contributed by atoms with E-state index in [1.54, 1.807) is 7.11 Å². The van der Waals surface area contributed by atoms with Gasteiger partial charge < -0.3 is 15.2 Å². The molecule has 0 bridgehead atoms. The number of hydrogen-bond acceptors (Lipinski definition) is 4. The van der Waals surface area contributed by atoms with Crippen molar-refractivity contribution >= 4 is 17.2 Å². The molecule has 5 heteroatoms. The number of aryl methyl sites for hydroxylation is 1. The predicted octanol–water partition coefficient (Wildman–Crippen LogP) is 2.58. The molecule has 0 aliphatic heterocycles. The highest BCUT2D eigenvalue weighted by Gasteiger charge is 2.27. The topological polar surface area (TPSA) is 58.6 Å². The molecule has 1 atom stereocenters. The number of carbonyl (C=O) groups is 1. The number of hydrogen-bond donors (Lipinski definition) is 2. The fourth-order valence-corrected chi connectivity index (χ4v) is 4.31. The zero-order chi connectivity index (χ0) is 16.2. The van der Waals surface area contributed by atoms with E-state index >= 15 is 0 Å². The maximum atomic E-state index is 12.6. The van der Waals surface area contributed by atoms with E-state index in [9.17, 15) is 9.90 Å². The summed E-state index contributed by atoms with van der Waals surface area (Å²) < 4.78 is 5.47. The van der Waals surface area contributed by atoms with E-state index in [2.05, 4.69) is 5.32 Å². The Kier molecular flexibility index (Phi) is 4.98. The monoisotopic (exact) mass is 331 g/mol. The number of benzene rings is 1. The molecule has 3 rings (SSSR count). The summed E-state index contributed by atoms with van der Waals surface area (Å²) in [4.78, 5) is 14.5. The van der Waals surface area contributed by atoms with Crippen molar-refractivity contribution in [2.24, 2.45) is 0 Å². The van der Waals surface area contributed by atoms with Crippen molar-refractivity contribution < 1.29 is 14.6 Å². The van der Waals surface area contributed by atoms with Gasteiger partial charge in [0.2, 0.25) is 0 Å². The molecular formula is C18H21NO3S. The van der Waals surface area contributed by atoms with E-state index in [4.69, 9.17) is 4.74 Å². The number of methoxy groups -OCH3 is 1. The molecule has 1 aliphatic carbocycles. The zero-order valence-corrected chi connectivity index (χ0v) is 14.0. The predicted molar refractivity (Wildman–Crippen MR) is 91.4 cm³/mol. The molecule has 2 N–H and O–H groups in total. The SMILES string of the molecule is COc1c(C(=O)NC(CO)Cc2ccccc2)sc2c1CCC2. The lowest BCUT2D eigenvalue weighted by atomic mass is 10.1. The fraction of sp³-hybridized carbons (Fsp3) is 0.389. The average molecular weight is 331 g/mol. The molecule has 1 aliphatic rings. The first-order chi connectivity index (χ1) is 11.2. The third-order valence-corrected chi connectivity index (χ3v) is 5.44. The van der Waals surface area contributed by atoms with Crippen LogP contribution in [0.25, 0.3) is 0 Å². The van der Waals surface area contributed by atoms with Crippen LogP contribution in [0.2, 0.25) is 0 Å². The molecule has 2 aromatic rings. The van der Waals surface area contributed by atoms with Crippen LogP contribution in [0.4, 0.5) is 0 Å². The molecular weight excluding hydrogens is 310 g/mol. The van der Waals surface area contributed by atoms with Gasteiger partial charge in [-0.15, -0.1) is 11.3 Å². The Hall–Kier alpha value is -1.85. The number of amides is 1. The van der Waals surface area contributed by atoms with Gasteiger partial charge in [0.1, 0.15) is 10.6 Å². The van der Waals surface area contributed by atoms with Crippen LogP contribution in [0.15, 0.2) is 30.3 Å². The van der Waals surface area contributed by atoms with Gasteiger partial charge in [0.15, 0.2) is 0 Å². The smallest absolute Gasteiger partial charge is 0.265 e. The van der Waals surface area contributed by atoms with E-state index in [0.29, 0.717) is 11.3 Å². The number of aliphatic hydroxyl groups is 1. The second-order valence-electron chi connectivity index (χ2n) is 5.76. The van der Waals surface area contributed by atoms with Crippen LogP contribution in [0.1, 0.15) is 32.1 Å². The highest BCUT2D eigenvalue weighted by atomic mass is 32.1. The molecule has 0 saturated heterocycles. The lowest BCUT2D eigenvalue weighted by Crippen LogP contribution is -2.38. The quantitative estimate of drug-likeness (QED) is 0.855. The van der Waals surface area contributed by atoms with Gasteiger partial charge in [0, 0.05) is 10.4 Å². The molecule has 0 fully saturated rings. The van der Waals surface area contributed by atoms with Crippen LogP contribution in [0.3, 0.4) is 0 Å². The lowest BCUT2D eigenvalue weighted by Gasteiger charge is -2.16. The number of carbonyl (C=O) groups excluding carboxylic acids is 1. The van der Waals surface area contributed by atoms with Crippen molar-refractivity contribution in [3.8, 4) is 5.75 Å². The molecule has 0 saturated carbocycles. The summed E-state index contributed by atoms with van der Waals surface area (Å²) in [6, 6.07) is 9.56. The molecule has 122 valence electrons. The summed E-state index contributed by atoms with van der Waals surface area (Å²) in [6.45, 7) is -0.0892. The Balaban J connectivity index is 1.73. The van der Waals surface area contributed by atoms with E-state index in [1.165, 1.54) is 21.8 Å². The average Bonchev–Trinajstić information content (AvgIpc) is 3.15. The minimum Gasteiger partial charge on any atom is -0.495 e. The zero-order valence-electron chi connectivity index (χ0n) is 13.2. The molecule has 1 aromatic heterocycles. The number of rotatable bonds is 6. The molecule has 0 radical (unpaired) electrons. The number of nitrogens with one attached hydrogen (secondary N) is 1. The van der Waals surface area contributed by atoms with Crippen molar-refractivity contribution in [3.63, 3.8) is 0 Å². The second-order valence-corrected chi connectivity index (χ2v) is 6.87. The standard InChI is InChI=1S/C18H21NO3S/c1-22-16-14-8-5-9-15(14)23-17(16)18(21)19-13(11-20)10-12-6-3-2-4-7-12/h2-4,6-7,13,20H,5,8-11H2,1H3,(H,19,21). The lowest BCUT2D eigenvalue weighted by molar-refractivity contribution is 0.0918. The molecule has 23 heavy (non-hydrogen) atoms. The molecule has 1 amide bonds. The number of thiophene rings is 1. The van der Waals surface area contributed by atoms with Crippen molar-refractivity contribution in [2.75, 3.05) is 13.7 Å². The van der Waals surface area contributed by atoms with Gasteiger partial charge in [-0.25, -0.2) is 0 Å². The summed E-state index contributed by atoms with van der Waals surface area (Å²) in [5.41, 5.74) is 2.28. The molecule has 1 heterocycles. The third kappa shape index (κ3) is 3.41. The highest BCUT2D eigenvalue weighted by molar-refractivity contribution is 7.14. The van der Waals surface area contributed by atoms with Gasteiger partial charge in [-0.3, -0.25) is 4.79 Å². The van der Waals surface area contributed by atoms with Crippen molar-refractivity contribution in [1.82, 2.24) is 5.32 Å². The van der Waals surface area contributed by atoms with E-state index in [1.807, 2.05) is 30.3 Å². The second kappa shape index (κ2) is 7.15. The summed E-state index contributed by atoms with van der Waals surface area (Å²) in [5, 5.41) is 12.5. The van der Waals surface area contributed by atoms with E-state index in [0.717, 1.165) is 30.6 Å². The van der Waals surface area contributed by atoms with Crippen LogP contribution >= 0.6 is 11.3 Å². The Morgan fingerprint density at radius 2 is 2.13 bits per heavy atom. The summed E-state index contributed by atoms with van der Waals surface area (Å²) in [5.74, 6) is 0.563.